The molecule has 0 unspecified atom stereocenters. The molecule has 2 aromatic carbocycles. The third-order valence-corrected chi connectivity index (χ3v) is 5.71. The summed E-state index contributed by atoms with van der Waals surface area (Å²) in [6.07, 6.45) is 1.67. The Kier molecular flexibility index (Phi) is 5.74. The van der Waals surface area contributed by atoms with Crippen LogP contribution in [0.5, 0.6) is 0 Å². The molecule has 8 heteroatoms. The zero-order valence-electron chi connectivity index (χ0n) is 16.8. The second kappa shape index (κ2) is 8.61. The maximum absolute atomic E-state index is 13.3. The number of nitrogens with one attached hydrogen (secondary N) is 2. The summed E-state index contributed by atoms with van der Waals surface area (Å²) in [5, 5.41) is 13.7. The van der Waals surface area contributed by atoms with Crippen molar-refractivity contribution in [3.05, 3.63) is 59.4 Å². The van der Waals surface area contributed by atoms with Gasteiger partial charge in [-0.25, -0.2) is 4.39 Å². The van der Waals surface area contributed by atoms with Crippen LogP contribution in [0.25, 0.3) is 11.0 Å². The van der Waals surface area contributed by atoms with E-state index < -0.39 is 0 Å². The largest absolute Gasteiger partial charge is 0.353 e. The van der Waals surface area contributed by atoms with Gasteiger partial charge in [0.2, 0.25) is 5.91 Å². The molecule has 0 spiro atoms. The fourth-order valence-electron chi connectivity index (χ4n) is 4.07. The number of hydrogen-bond acceptors (Lipinski definition) is 4. The van der Waals surface area contributed by atoms with Gasteiger partial charge in [-0.05, 0) is 54.7 Å². The predicted octanol–water partition coefficient (Wildman–Crippen LogP) is 2.70. The van der Waals surface area contributed by atoms with Crippen molar-refractivity contribution in [2.75, 3.05) is 13.1 Å². The number of H-pyrrole nitrogens is 1. The predicted molar refractivity (Wildman–Crippen MR) is 110 cm³/mol. The van der Waals surface area contributed by atoms with Crippen LogP contribution in [0.4, 0.5) is 4.39 Å². The summed E-state index contributed by atoms with van der Waals surface area (Å²) in [6, 6.07) is 11.4. The normalized spacial score (nSPS) is 19.1. The van der Waals surface area contributed by atoms with E-state index in [-0.39, 0.29) is 36.0 Å². The quantitative estimate of drug-likeness (QED) is 0.678. The number of piperidine rings is 1. The number of rotatable bonds is 5. The molecule has 1 fully saturated rings. The van der Waals surface area contributed by atoms with Crippen LogP contribution in [0, 0.1) is 11.7 Å². The van der Waals surface area contributed by atoms with E-state index in [2.05, 4.69) is 27.7 Å². The van der Waals surface area contributed by atoms with Crippen LogP contribution in [0.1, 0.15) is 35.7 Å². The average molecular weight is 409 g/mol. The Morgan fingerprint density at radius 2 is 2.03 bits per heavy atom. The highest BCUT2D eigenvalue weighted by molar-refractivity contribution is 5.97. The first kappa shape index (κ1) is 20.0. The van der Waals surface area contributed by atoms with Crippen molar-refractivity contribution in [3.63, 3.8) is 0 Å². The molecule has 2 amide bonds. The first-order valence-corrected chi connectivity index (χ1v) is 10.2. The van der Waals surface area contributed by atoms with E-state index in [1.54, 1.807) is 30.3 Å². The average Bonchev–Trinajstić information content (AvgIpc) is 3.21. The van der Waals surface area contributed by atoms with E-state index in [4.69, 9.17) is 0 Å². The lowest BCUT2D eigenvalue weighted by molar-refractivity contribution is -0.121. The monoisotopic (exact) mass is 409 g/mol. The first-order valence-electron chi connectivity index (χ1n) is 10.2. The van der Waals surface area contributed by atoms with Crippen LogP contribution >= 0.6 is 0 Å². The number of nitrogens with zero attached hydrogens (tertiary/aromatic N) is 3. The molecule has 3 aromatic rings. The Morgan fingerprint density at radius 1 is 1.20 bits per heavy atom. The second-order valence-electron chi connectivity index (χ2n) is 7.72. The van der Waals surface area contributed by atoms with Gasteiger partial charge in [0.1, 0.15) is 16.9 Å². The Balaban J connectivity index is 1.38. The Bertz CT molecular complexity index is 1070. The molecule has 0 aliphatic carbocycles. The second-order valence-corrected chi connectivity index (χ2v) is 7.72. The minimum absolute atomic E-state index is 0.00173. The van der Waals surface area contributed by atoms with Crippen molar-refractivity contribution in [2.24, 2.45) is 5.92 Å². The standard InChI is InChI=1S/C22H24FN5O2/c1-2-15-13-28(22(30)16-6-7-19-20(12-16)26-27-25-19)9-8-18(15)24-21(29)11-14-4-3-5-17(23)10-14/h3-7,10,12,15,18H,2,8-9,11,13H2,1H3,(H,24,29)(H,25,26,27)/t15-,18+/m1/s1. The molecule has 0 radical (unpaired) electrons. The summed E-state index contributed by atoms with van der Waals surface area (Å²) in [5.41, 5.74) is 2.61. The van der Waals surface area contributed by atoms with Gasteiger partial charge in [0.25, 0.3) is 5.91 Å². The summed E-state index contributed by atoms with van der Waals surface area (Å²) in [7, 11) is 0. The van der Waals surface area contributed by atoms with Crippen LogP contribution in [0.2, 0.25) is 0 Å². The molecular formula is C22H24FN5O2. The van der Waals surface area contributed by atoms with Crippen molar-refractivity contribution >= 4 is 22.8 Å². The molecule has 0 bridgehead atoms. The van der Waals surface area contributed by atoms with Crippen LogP contribution in [-0.2, 0) is 11.2 Å². The first-order chi connectivity index (χ1) is 14.5. The van der Waals surface area contributed by atoms with E-state index in [0.717, 1.165) is 11.9 Å². The smallest absolute Gasteiger partial charge is 0.253 e. The molecule has 1 saturated heterocycles. The zero-order valence-corrected chi connectivity index (χ0v) is 16.8. The lowest BCUT2D eigenvalue weighted by atomic mass is 9.89. The molecule has 2 heterocycles. The van der Waals surface area contributed by atoms with E-state index >= 15 is 0 Å². The molecule has 4 rings (SSSR count). The van der Waals surface area contributed by atoms with E-state index in [0.29, 0.717) is 36.2 Å². The van der Waals surface area contributed by atoms with Crippen LogP contribution < -0.4 is 5.32 Å². The van der Waals surface area contributed by atoms with E-state index in [1.807, 2.05) is 4.90 Å². The molecule has 30 heavy (non-hydrogen) atoms. The number of fused-ring (bicyclic) bond motifs is 1. The number of amides is 2. The number of hydrogen-bond donors (Lipinski definition) is 2. The van der Waals surface area contributed by atoms with E-state index in [9.17, 15) is 14.0 Å². The number of carbonyl (C=O) groups is 2. The number of benzene rings is 2. The van der Waals surface area contributed by atoms with Gasteiger partial charge in [-0.15, -0.1) is 0 Å². The summed E-state index contributed by atoms with van der Waals surface area (Å²) in [5.74, 6) is -0.347. The molecule has 1 aliphatic heterocycles. The summed E-state index contributed by atoms with van der Waals surface area (Å²) < 4.78 is 13.3. The maximum atomic E-state index is 13.3. The van der Waals surface area contributed by atoms with Crippen molar-refractivity contribution < 1.29 is 14.0 Å². The minimum Gasteiger partial charge on any atom is -0.353 e. The van der Waals surface area contributed by atoms with Gasteiger partial charge in [-0.2, -0.15) is 15.4 Å². The van der Waals surface area contributed by atoms with Crippen molar-refractivity contribution in [1.82, 2.24) is 25.6 Å². The summed E-state index contributed by atoms with van der Waals surface area (Å²) >= 11 is 0. The highest BCUT2D eigenvalue weighted by Crippen LogP contribution is 2.23. The van der Waals surface area contributed by atoms with Crippen molar-refractivity contribution in [1.29, 1.82) is 0 Å². The molecular weight excluding hydrogens is 385 g/mol. The lowest BCUT2D eigenvalue weighted by Crippen LogP contribution is -2.52. The summed E-state index contributed by atoms with van der Waals surface area (Å²) in [4.78, 5) is 27.3. The van der Waals surface area contributed by atoms with Gasteiger partial charge in [0.05, 0.1) is 6.42 Å². The number of carbonyl (C=O) groups excluding carboxylic acids is 2. The fourth-order valence-corrected chi connectivity index (χ4v) is 4.07. The Morgan fingerprint density at radius 3 is 2.83 bits per heavy atom. The maximum Gasteiger partial charge on any atom is 0.253 e. The van der Waals surface area contributed by atoms with Gasteiger partial charge >= 0.3 is 0 Å². The Labute approximate surface area is 173 Å². The molecule has 1 aliphatic rings. The van der Waals surface area contributed by atoms with Crippen molar-refractivity contribution in [2.45, 2.75) is 32.2 Å². The highest BCUT2D eigenvalue weighted by Gasteiger charge is 2.31. The van der Waals surface area contributed by atoms with Gasteiger partial charge in [0.15, 0.2) is 0 Å². The highest BCUT2D eigenvalue weighted by atomic mass is 19.1. The van der Waals surface area contributed by atoms with Crippen LogP contribution in [-0.4, -0.2) is 51.3 Å². The number of halogens is 1. The minimum atomic E-state index is -0.345. The van der Waals surface area contributed by atoms with Crippen LogP contribution in [0.15, 0.2) is 42.5 Å². The topological polar surface area (TPSA) is 91.0 Å². The van der Waals surface area contributed by atoms with Crippen LogP contribution in [0.3, 0.4) is 0 Å². The molecule has 156 valence electrons. The van der Waals surface area contributed by atoms with Crippen molar-refractivity contribution in [3.8, 4) is 0 Å². The molecule has 0 saturated carbocycles. The third kappa shape index (κ3) is 4.32. The number of likely N-dealkylation sites (tertiary alicyclic amines) is 1. The molecule has 1 aromatic heterocycles. The molecule has 2 N–H and O–H groups in total. The number of aromatic nitrogens is 3. The van der Waals surface area contributed by atoms with Gasteiger partial charge < -0.3 is 10.2 Å². The van der Waals surface area contributed by atoms with Gasteiger partial charge in [-0.3, -0.25) is 9.59 Å². The number of aromatic amines is 1. The van der Waals surface area contributed by atoms with Gasteiger partial charge in [-0.1, -0.05) is 19.1 Å². The van der Waals surface area contributed by atoms with E-state index in [1.165, 1.54) is 12.1 Å². The molecule has 7 nitrogen and oxygen atoms in total. The zero-order chi connectivity index (χ0) is 21.1. The molecule has 2 atom stereocenters. The summed E-state index contributed by atoms with van der Waals surface area (Å²) in [6.45, 7) is 3.21. The SMILES string of the molecule is CC[C@@H]1CN(C(=O)c2ccc3n[nH]nc3c2)CC[C@@H]1NC(=O)Cc1cccc(F)c1. The van der Waals surface area contributed by atoms with Gasteiger partial charge in [0, 0.05) is 24.7 Å². The third-order valence-electron chi connectivity index (χ3n) is 5.71. The fraction of sp³-hybridized carbons (Fsp3) is 0.364. The Hall–Kier alpha value is -3.29. The lowest BCUT2D eigenvalue weighted by Gasteiger charge is -2.38.